The fourth-order valence-electron chi connectivity index (χ4n) is 3.90. The number of hydrogen-bond acceptors (Lipinski definition) is 3. The van der Waals surface area contributed by atoms with E-state index in [0.717, 1.165) is 33.5 Å². The van der Waals surface area contributed by atoms with Gasteiger partial charge in [0.05, 0.1) is 7.05 Å². The Bertz CT molecular complexity index is 1230. The normalized spacial score (nSPS) is 18.1. The van der Waals surface area contributed by atoms with E-state index in [1.165, 1.54) is 6.08 Å². The molecule has 2 aliphatic rings. The zero-order chi connectivity index (χ0) is 25.8. The summed E-state index contributed by atoms with van der Waals surface area (Å²) < 4.78 is 5.59. The number of nitrogens with zero attached hydrogens (tertiary/aromatic N) is 1. The monoisotopic (exact) mass is 516 g/mol. The molecule has 1 heterocycles. The molecule has 2 atom stereocenters. The zero-order valence-electron chi connectivity index (χ0n) is 21.0. The summed E-state index contributed by atoms with van der Waals surface area (Å²) in [6.45, 7) is 6.08. The van der Waals surface area contributed by atoms with Gasteiger partial charge in [0.15, 0.2) is 0 Å². The number of carboxylic acids is 1. The second-order valence-electron chi connectivity index (χ2n) is 7.93. The molecule has 2 N–H and O–H groups in total. The van der Waals surface area contributed by atoms with Gasteiger partial charge in [0, 0.05) is 33.4 Å². The third-order valence-electron chi connectivity index (χ3n) is 5.48. The van der Waals surface area contributed by atoms with Crippen LogP contribution >= 0.6 is 15.6 Å². The van der Waals surface area contributed by atoms with Crippen molar-refractivity contribution in [3.05, 3.63) is 132 Å². The molecule has 2 aromatic rings. The van der Waals surface area contributed by atoms with E-state index in [2.05, 4.69) is 103 Å². The van der Waals surface area contributed by atoms with Crippen molar-refractivity contribution in [3.63, 3.8) is 0 Å². The quantitative estimate of drug-likeness (QED) is 0.314. The molecule has 4 nitrogen and oxygen atoms in total. The predicted molar refractivity (Wildman–Crippen MR) is 158 cm³/mol. The predicted octanol–water partition coefficient (Wildman–Crippen LogP) is 7.26. The standard InChI is InChI=1S/C28H28N2O2P2.C2H6/c1-22-20-21-33-26(18-19-27(31)32)28(29-22)30-34(24-14-8-4-9-15-24,25-16-10-5-11-17-25)23-12-6-2-3-7-13-23;1-2/h2,4-22,29,33H,3H2,1H3,(H,31,32);1-2H3/b19-18+;. The van der Waals surface area contributed by atoms with Crippen LogP contribution in [0.2, 0.25) is 0 Å². The van der Waals surface area contributed by atoms with Gasteiger partial charge in [0.2, 0.25) is 0 Å². The van der Waals surface area contributed by atoms with Crippen LogP contribution in [-0.2, 0) is 4.79 Å². The fraction of sp³-hybridized carbons (Fsp3) is 0.167. The lowest BCUT2D eigenvalue weighted by atomic mass is 10.3. The van der Waals surface area contributed by atoms with Gasteiger partial charge in [-0.1, -0.05) is 125 Å². The third-order valence-corrected chi connectivity index (χ3v) is 10.2. The van der Waals surface area contributed by atoms with Crippen molar-refractivity contribution in [1.82, 2.24) is 5.32 Å². The molecular formula is C30H34N2O2P2. The third kappa shape index (κ3) is 6.72. The van der Waals surface area contributed by atoms with Gasteiger partial charge in [-0.05, 0) is 19.4 Å². The Labute approximate surface area is 216 Å². The van der Waals surface area contributed by atoms with E-state index in [4.69, 9.17) is 4.74 Å². The summed E-state index contributed by atoms with van der Waals surface area (Å²) in [5.74, 6) is 1.88. The molecule has 0 spiro atoms. The summed E-state index contributed by atoms with van der Waals surface area (Å²) in [6.07, 6.45) is 16.7. The average Bonchev–Trinajstić information content (AvgIpc) is 3.29. The molecule has 186 valence electrons. The van der Waals surface area contributed by atoms with Crippen LogP contribution in [0.4, 0.5) is 0 Å². The van der Waals surface area contributed by atoms with Crippen LogP contribution in [0.15, 0.2) is 136 Å². The molecule has 0 aromatic heterocycles. The van der Waals surface area contributed by atoms with Crippen LogP contribution < -0.4 is 15.9 Å². The summed E-state index contributed by atoms with van der Waals surface area (Å²) in [7, 11) is -2.16. The van der Waals surface area contributed by atoms with Crippen molar-refractivity contribution in [2.75, 3.05) is 0 Å². The molecule has 0 saturated heterocycles. The Kier molecular flexibility index (Phi) is 10.5. The maximum absolute atomic E-state index is 11.3. The van der Waals surface area contributed by atoms with E-state index in [9.17, 15) is 9.90 Å². The molecule has 1 aliphatic carbocycles. The number of aliphatic carboxylic acids is 1. The lowest BCUT2D eigenvalue weighted by Crippen LogP contribution is -2.24. The highest BCUT2D eigenvalue weighted by Crippen LogP contribution is 2.57. The van der Waals surface area contributed by atoms with Crippen molar-refractivity contribution in [2.45, 2.75) is 33.2 Å². The van der Waals surface area contributed by atoms with Crippen molar-refractivity contribution in [1.29, 1.82) is 0 Å². The van der Waals surface area contributed by atoms with E-state index in [-0.39, 0.29) is 6.04 Å². The van der Waals surface area contributed by atoms with Gasteiger partial charge in [0.1, 0.15) is 5.82 Å². The van der Waals surface area contributed by atoms with Crippen molar-refractivity contribution >= 4 is 32.2 Å². The average molecular weight is 517 g/mol. The lowest BCUT2D eigenvalue weighted by Gasteiger charge is -2.29. The van der Waals surface area contributed by atoms with Crippen LogP contribution in [0.5, 0.6) is 0 Å². The summed E-state index contributed by atoms with van der Waals surface area (Å²) in [5, 5.41) is 17.2. The lowest BCUT2D eigenvalue weighted by molar-refractivity contribution is -0.131. The van der Waals surface area contributed by atoms with E-state index < -0.39 is 13.0 Å². The Morgan fingerprint density at radius 3 is 2.31 bits per heavy atom. The Balaban J connectivity index is 0.00000176. The second kappa shape index (κ2) is 13.8. The highest BCUT2D eigenvalue weighted by molar-refractivity contribution is 7.84. The molecule has 0 bridgehead atoms. The molecule has 6 heteroatoms. The SMILES string of the molecule is CC.CC1C=CPC(/C=C/C(=O)O)=C(N=P(C2=CC=CCC=C2)(c2ccccc2)c2ccccc2)N1. The Morgan fingerprint density at radius 1 is 1.06 bits per heavy atom. The number of rotatable bonds is 6. The van der Waals surface area contributed by atoms with Crippen molar-refractivity contribution in [3.8, 4) is 0 Å². The number of hydrogen-bond donors (Lipinski definition) is 2. The van der Waals surface area contributed by atoms with Gasteiger partial charge in [-0.3, -0.25) is 0 Å². The Morgan fingerprint density at radius 2 is 1.69 bits per heavy atom. The first kappa shape index (κ1) is 27.4. The van der Waals surface area contributed by atoms with Gasteiger partial charge in [-0.15, -0.1) is 0 Å². The van der Waals surface area contributed by atoms with Crippen molar-refractivity contribution in [2.24, 2.45) is 4.74 Å². The second-order valence-corrected chi connectivity index (χ2v) is 12.1. The summed E-state index contributed by atoms with van der Waals surface area (Å²) in [4.78, 5) is 11.3. The number of carbonyl (C=O) groups is 1. The van der Waals surface area contributed by atoms with Crippen LogP contribution in [0.3, 0.4) is 0 Å². The van der Waals surface area contributed by atoms with E-state index in [1.54, 1.807) is 6.08 Å². The largest absolute Gasteiger partial charge is 0.478 e. The maximum atomic E-state index is 11.3. The summed E-state index contributed by atoms with van der Waals surface area (Å²) in [6, 6.07) is 21.0. The van der Waals surface area contributed by atoms with Gasteiger partial charge < -0.3 is 10.4 Å². The first-order valence-electron chi connectivity index (χ1n) is 12.2. The van der Waals surface area contributed by atoms with E-state index >= 15 is 0 Å². The zero-order valence-corrected chi connectivity index (χ0v) is 22.9. The summed E-state index contributed by atoms with van der Waals surface area (Å²) in [5.41, 5.74) is 0. The van der Waals surface area contributed by atoms with Gasteiger partial charge in [0.25, 0.3) is 0 Å². The van der Waals surface area contributed by atoms with E-state index in [1.807, 2.05) is 26.0 Å². The van der Waals surface area contributed by atoms with Crippen LogP contribution in [-0.4, -0.2) is 17.1 Å². The maximum Gasteiger partial charge on any atom is 0.328 e. The Hall–Kier alpha value is -3.19. The van der Waals surface area contributed by atoms with Crippen molar-refractivity contribution < 1.29 is 9.90 Å². The molecule has 1 aliphatic heterocycles. The molecule has 36 heavy (non-hydrogen) atoms. The van der Waals surface area contributed by atoms with Crippen LogP contribution in [0.1, 0.15) is 27.2 Å². The smallest absolute Gasteiger partial charge is 0.328 e. The van der Waals surface area contributed by atoms with Gasteiger partial charge in [-0.2, -0.15) is 0 Å². The molecule has 0 radical (unpaired) electrons. The minimum absolute atomic E-state index is 0.0778. The number of benzene rings is 2. The fourth-order valence-corrected chi connectivity index (χ4v) is 8.54. The summed E-state index contributed by atoms with van der Waals surface area (Å²) >= 11 is 0. The molecule has 0 amide bonds. The molecule has 0 saturated carbocycles. The number of nitrogens with one attached hydrogen (secondary N) is 1. The van der Waals surface area contributed by atoms with E-state index in [0.29, 0.717) is 8.58 Å². The van der Waals surface area contributed by atoms with Gasteiger partial charge in [-0.25, -0.2) is 9.54 Å². The minimum atomic E-state index is -2.48. The first-order chi connectivity index (χ1) is 17.6. The van der Waals surface area contributed by atoms with Crippen LogP contribution in [0.25, 0.3) is 0 Å². The minimum Gasteiger partial charge on any atom is -0.478 e. The first-order valence-corrected chi connectivity index (χ1v) is 15.0. The topological polar surface area (TPSA) is 61.7 Å². The highest BCUT2D eigenvalue weighted by Gasteiger charge is 2.29. The molecule has 4 rings (SSSR count). The highest BCUT2D eigenvalue weighted by atomic mass is 31.2. The molecule has 0 fully saturated rings. The molecular weight excluding hydrogens is 482 g/mol. The molecule has 2 unspecified atom stereocenters. The van der Waals surface area contributed by atoms with Crippen LogP contribution in [0, 0.1) is 0 Å². The number of allylic oxidation sites excluding steroid dienone is 8. The molecule has 2 aromatic carbocycles. The van der Waals surface area contributed by atoms with Gasteiger partial charge >= 0.3 is 5.97 Å². The number of carboxylic acid groups (broad SMARTS) is 1.